The van der Waals surface area contributed by atoms with Crippen LogP contribution in [0.5, 0.6) is 5.75 Å². The maximum absolute atomic E-state index is 10.7. The lowest BCUT2D eigenvalue weighted by Gasteiger charge is -2.07. The van der Waals surface area contributed by atoms with E-state index in [2.05, 4.69) is 12.6 Å². The van der Waals surface area contributed by atoms with Gasteiger partial charge in [-0.2, -0.15) is 12.6 Å². The Morgan fingerprint density at radius 1 is 1.50 bits per heavy atom. The minimum absolute atomic E-state index is 0.186. The van der Waals surface area contributed by atoms with Gasteiger partial charge in [0.1, 0.15) is 5.75 Å². The molecular weight excluding hydrogens is 198 g/mol. The third-order valence-corrected chi connectivity index (χ3v) is 1.78. The Morgan fingerprint density at radius 3 is 2.50 bits per heavy atom. The van der Waals surface area contributed by atoms with Gasteiger partial charge in [0.25, 0.3) is 0 Å². The maximum atomic E-state index is 10.7. The molecule has 1 aromatic carbocycles. The molecule has 1 rings (SSSR count). The summed E-state index contributed by atoms with van der Waals surface area (Å²) in [6, 6.07) is 6.72. The molecule has 0 aromatic heterocycles. The average Bonchev–Trinajstić information content (AvgIpc) is 2.15. The van der Waals surface area contributed by atoms with Crippen LogP contribution in [0.4, 0.5) is 0 Å². The summed E-state index contributed by atoms with van der Waals surface area (Å²) < 4.78 is 5.37. The molecule has 0 aliphatic rings. The van der Waals surface area contributed by atoms with Crippen molar-refractivity contribution in [2.45, 2.75) is 12.2 Å². The number of benzene rings is 1. The van der Waals surface area contributed by atoms with Crippen LogP contribution in [0.25, 0.3) is 0 Å². The highest BCUT2D eigenvalue weighted by Gasteiger charge is 2.01. The van der Waals surface area contributed by atoms with Crippen LogP contribution in [0.15, 0.2) is 24.3 Å². The number of hydrogen-bond donors (Lipinski definition) is 2. The second-order valence-corrected chi connectivity index (χ2v) is 3.93. The first-order chi connectivity index (χ1) is 6.59. The lowest BCUT2D eigenvalue weighted by molar-refractivity contribution is 0.100. The standard InChI is InChI=1S/C10H13NO2S/c1-7(14)6-13-9-4-2-8(3-5-9)10(11)12/h2-5,7,14H,6H2,1H3,(H2,11,12). The third-order valence-electron chi connectivity index (χ3n) is 1.63. The van der Waals surface area contributed by atoms with Crippen molar-refractivity contribution in [3.05, 3.63) is 29.8 Å². The van der Waals surface area contributed by atoms with E-state index in [4.69, 9.17) is 10.5 Å². The summed E-state index contributed by atoms with van der Waals surface area (Å²) in [5, 5.41) is 0.186. The van der Waals surface area contributed by atoms with E-state index in [-0.39, 0.29) is 5.25 Å². The van der Waals surface area contributed by atoms with Crippen LogP contribution in [0, 0.1) is 0 Å². The fourth-order valence-corrected chi connectivity index (χ4v) is 1.01. The van der Waals surface area contributed by atoms with Gasteiger partial charge in [-0.15, -0.1) is 0 Å². The molecule has 0 spiro atoms. The van der Waals surface area contributed by atoms with Crippen molar-refractivity contribution in [3.8, 4) is 5.75 Å². The van der Waals surface area contributed by atoms with E-state index in [0.29, 0.717) is 12.2 Å². The minimum atomic E-state index is -0.431. The summed E-state index contributed by atoms with van der Waals surface area (Å²) in [5.74, 6) is 0.287. The first-order valence-electron chi connectivity index (χ1n) is 4.30. The molecule has 3 nitrogen and oxygen atoms in total. The highest BCUT2D eigenvalue weighted by molar-refractivity contribution is 7.80. The normalized spacial score (nSPS) is 12.1. The molecule has 0 fully saturated rings. The number of primary amides is 1. The highest BCUT2D eigenvalue weighted by atomic mass is 32.1. The molecular formula is C10H13NO2S. The van der Waals surface area contributed by atoms with E-state index >= 15 is 0 Å². The van der Waals surface area contributed by atoms with Crippen LogP contribution in [-0.2, 0) is 0 Å². The summed E-state index contributed by atoms with van der Waals surface area (Å²) in [7, 11) is 0. The van der Waals surface area contributed by atoms with Gasteiger partial charge in [0.2, 0.25) is 5.91 Å². The molecule has 76 valence electrons. The van der Waals surface area contributed by atoms with Gasteiger partial charge in [-0.05, 0) is 24.3 Å². The zero-order valence-corrected chi connectivity index (χ0v) is 8.83. The van der Waals surface area contributed by atoms with Crippen molar-refractivity contribution >= 4 is 18.5 Å². The molecule has 0 radical (unpaired) electrons. The minimum Gasteiger partial charge on any atom is -0.492 e. The van der Waals surface area contributed by atoms with Crippen molar-refractivity contribution in [1.29, 1.82) is 0 Å². The predicted octanol–water partition coefficient (Wildman–Crippen LogP) is 1.48. The van der Waals surface area contributed by atoms with Gasteiger partial charge < -0.3 is 10.5 Å². The van der Waals surface area contributed by atoms with E-state index in [1.165, 1.54) is 0 Å². The molecule has 0 aliphatic heterocycles. The Balaban J connectivity index is 2.60. The Morgan fingerprint density at radius 2 is 2.07 bits per heavy atom. The topological polar surface area (TPSA) is 52.3 Å². The fraction of sp³-hybridized carbons (Fsp3) is 0.300. The first-order valence-corrected chi connectivity index (χ1v) is 4.82. The van der Waals surface area contributed by atoms with Crippen molar-refractivity contribution in [2.24, 2.45) is 5.73 Å². The SMILES string of the molecule is CC(S)COc1ccc(C(N)=O)cc1. The van der Waals surface area contributed by atoms with E-state index in [1.54, 1.807) is 24.3 Å². The van der Waals surface area contributed by atoms with E-state index in [9.17, 15) is 4.79 Å². The second kappa shape index (κ2) is 4.91. The van der Waals surface area contributed by atoms with Crippen LogP contribution in [0.1, 0.15) is 17.3 Å². The molecule has 0 heterocycles. The number of hydrogen-bond acceptors (Lipinski definition) is 3. The van der Waals surface area contributed by atoms with Crippen LogP contribution < -0.4 is 10.5 Å². The summed E-state index contributed by atoms with van der Waals surface area (Å²) in [6.07, 6.45) is 0. The smallest absolute Gasteiger partial charge is 0.248 e. The Labute approximate surface area is 88.7 Å². The van der Waals surface area contributed by atoms with E-state index < -0.39 is 5.91 Å². The Hall–Kier alpha value is -1.16. The predicted molar refractivity (Wildman–Crippen MR) is 58.9 cm³/mol. The number of carbonyl (C=O) groups is 1. The third kappa shape index (κ3) is 3.30. The number of nitrogens with two attached hydrogens (primary N) is 1. The lowest BCUT2D eigenvalue weighted by atomic mass is 10.2. The average molecular weight is 211 g/mol. The summed E-state index contributed by atoms with van der Waals surface area (Å²) in [4.78, 5) is 10.7. The molecule has 14 heavy (non-hydrogen) atoms. The Kier molecular flexibility index (Phi) is 3.83. The highest BCUT2D eigenvalue weighted by Crippen LogP contribution is 2.12. The molecule has 1 unspecified atom stereocenters. The number of carbonyl (C=O) groups excluding carboxylic acids is 1. The van der Waals surface area contributed by atoms with Gasteiger partial charge >= 0.3 is 0 Å². The second-order valence-electron chi connectivity index (χ2n) is 3.05. The van der Waals surface area contributed by atoms with Gasteiger partial charge in [0.15, 0.2) is 0 Å². The molecule has 0 bridgehead atoms. The molecule has 0 saturated carbocycles. The van der Waals surface area contributed by atoms with Gasteiger partial charge in [0.05, 0.1) is 6.61 Å². The summed E-state index contributed by atoms with van der Waals surface area (Å²) in [6.45, 7) is 2.49. The Bertz CT molecular complexity index is 308. The summed E-state index contributed by atoms with van der Waals surface area (Å²) in [5.41, 5.74) is 5.58. The zero-order valence-electron chi connectivity index (χ0n) is 7.93. The number of rotatable bonds is 4. The number of thiol groups is 1. The molecule has 4 heteroatoms. The molecule has 2 N–H and O–H groups in total. The number of ether oxygens (including phenoxy) is 1. The molecule has 0 aliphatic carbocycles. The monoisotopic (exact) mass is 211 g/mol. The zero-order chi connectivity index (χ0) is 10.6. The van der Waals surface area contributed by atoms with E-state index in [1.807, 2.05) is 6.92 Å². The molecule has 0 saturated heterocycles. The van der Waals surface area contributed by atoms with Crippen LogP contribution in [0.3, 0.4) is 0 Å². The van der Waals surface area contributed by atoms with Crippen molar-refractivity contribution in [1.82, 2.24) is 0 Å². The molecule has 1 atom stereocenters. The van der Waals surface area contributed by atoms with Gasteiger partial charge in [0, 0.05) is 10.8 Å². The molecule has 1 aromatic rings. The maximum Gasteiger partial charge on any atom is 0.248 e. The van der Waals surface area contributed by atoms with Crippen molar-refractivity contribution in [3.63, 3.8) is 0 Å². The van der Waals surface area contributed by atoms with Gasteiger partial charge in [-0.1, -0.05) is 6.92 Å². The summed E-state index contributed by atoms with van der Waals surface area (Å²) >= 11 is 4.18. The fourth-order valence-electron chi connectivity index (χ4n) is 0.932. The van der Waals surface area contributed by atoms with E-state index in [0.717, 1.165) is 5.75 Å². The lowest BCUT2D eigenvalue weighted by Crippen LogP contribution is -2.11. The van der Waals surface area contributed by atoms with Gasteiger partial charge in [-0.3, -0.25) is 4.79 Å². The van der Waals surface area contributed by atoms with Crippen molar-refractivity contribution in [2.75, 3.05) is 6.61 Å². The first kappa shape index (κ1) is 10.9. The number of amides is 1. The largest absolute Gasteiger partial charge is 0.492 e. The van der Waals surface area contributed by atoms with Crippen molar-refractivity contribution < 1.29 is 9.53 Å². The van der Waals surface area contributed by atoms with Crippen LogP contribution in [0.2, 0.25) is 0 Å². The molecule has 1 amide bonds. The van der Waals surface area contributed by atoms with Crippen LogP contribution in [-0.4, -0.2) is 17.8 Å². The van der Waals surface area contributed by atoms with Crippen LogP contribution >= 0.6 is 12.6 Å². The van der Waals surface area contributed by atoms with Gasteiger partial charge in [-0.25, -0.2) is 0 Å². The quantitative estimate of drug-likeness (QED) is 0.741.